The number of ether oxygens (including phenoxy) is 2. The van der Waals surface area contributed by atoms with Crippen LogP contribution in [0.4, 0.5) is 10.9 Å². The number of carbonyl (C=O) groups is 2. The standard InChI is InChI=1S/C18H18N6O4S/c1-10-19-18(29-23-10)22-21-15-13(11-8-6-5-7-9-11)20-14(24(15)2)12(16(25)27-3)17(26)28-4/h5-9,12H,1-4H3. The second-order valence-corrected chi connectivity index (χ2v) is 6.60. The van der Waals surface area contributed by atoms with Gasteiger partial charge < -0.3 is 14.0 Å². The average Bonchev–Trinajstić information content (AvgIpc) is 3.30. The van der Waals surface area contributed by atoms with E-state index in [0.717, 1.165) is 17.1 Å². The molecule has 1 aromatic carbocycles. The SMILES string of the molecule is COC(=O)C(C(=O)OC)c1nc(-c2ccccc2)c(N=Nc2nc(C)ns2)n1C. The van der Waals surface area contributed by atoms with E-state index in [-0.39, 0.29) is 5.82 Å². The van der Waals surface area contributed by atoms with Gasteiger partial charge in [-0.15, -0.1) is 10.2 Å². The maximum Gasteiger partial charge on any atom is 0.327 e. The Morgan fingerprint density at radius 2 is 1.72 bits per heavy atom. The van der Waals surface area contributed by atoms with E-state index in [4.69, 9.17) is 9.47 Å². The Morgan fingerprint density at radius 1 is 1.07 bits per heavy atom. The molecule has 0 saturated carbocycles. The molecule has 0 fully saturated rings. The molecular formula is C18H18N6O4S. The fourth-order valence-electron chi connectivity index (χ4n) is 2.63. The minimum Gasteiger partial charge on any atom is -0.468 e. The van der Waals surface area contributed by atoms with Crippen molar-refractivity contribution in [3.05, 3.63) is 42.0 Å². The van der Waals surface area contributed by atoms with E-state index in [1.54, 1.807) is 14.0 Å². The molecule has 11 heteroatoms. The summed E-state index contributed by atoms with van der Waals surface area (Å²) in [6.07, 6.45) is 0. The number of rotatable bonds is 6. The Balaban J connectivity index is 2.16. The highest BCUT2D eigenvalue weighted by molar-refractivity contribution is 7.09. The lowest BCUT2D eigenvalue weighted by molar-refractivity contribution is -0.154. The average molecular weight is 414 g/mol. The van der Waals surface area contributed by atoms with Gasteiger partial charge in [-0.25, -0.2) is 9.97 Å². The van der Waals surface area contributed by atoms with Gasteiger partial charge in [-0.05, 0) is 6.92 Å². The van der Waals surface area contributed by atoms with Crippen LogP contribution in [-0.2, 0) is 26.1 Å². The van der Waals surface area contributed by atoms with E-state index in [9.17, 15) is 9.59 Å². The summed E-state index contributed by atoms with van der Waals surface area (Å²) in [4.78, 5) is 33.2. The minimum atomic E-state index is -1.36. The number of hydrogen-bond acceptors (Lipinski definition) is 10. The van der Waals surface area contributed by atoms with Crippen LogP contribution in [0.1, 0.15) is 17.6 Å². The van der Waals surface area contributed by atoms with Gasteiger partial charge >= 0.3 is 11.9 Å². The molecule has 0 saturated heterocycles. The summed E-state index contributed by atoms with van der Waals surface area (Å²) in [7, 11) is 4.02. The van der Waals surface area contributed by atoms with Crippen molar-refractivity contribution >= 4 is 34.4 Å². The molecule has 0 bridgehead atoms. The molecule has 0 aliphatic rings. The van der Waals surface area contributed by atoms with Crippen LogP contribution in [0.5, 0.6) is 0 Å². The molecule has 0 radical (unpaired) electrons. The number of methoxy groups -OCH3 is 2. The normalized spacial score (nSPS) is 11.2. The number of hydrogen-bond donors (Lipinski definition) is 0. The Labute approximate surface area is 170 Å². The smallest absolute Gasteiger partial charge is 0.327 e. The maximum atomic E-state index is 12.3. The van der Waals surface area contributed by atoms with Crippen LogP contribution in [-0.4, -0.2) is 45.1 Å². The highest BCUT2D eigenvalue weighted by Gasteiger charge is 2.36. The number of benzene rings is 1. The van der Waals surface area contributed by atoms with Crippen LogP contribution in [0.3, 0.4) is 0 Å². The third kappa shape index (κ3) is 4.19. The summed E-state index contributed by atoms with van der Waals surface area (Å²) in [5, 5.41) is 8.77. The zero-order chi connectivity index (χ0) is 21.0. The molecule has 2 heterocycles. The molecule has 0 atom stereocenters. The number of azo groups is 1. The van der Waals surface area contributed by atoms with E-state index >= 15 is 0 Å². The van der Waals surface area contributed by atoms with E-state index in [2.05, 4.69) is 24.6 Å². The number of aromatic nitrogens is 4. The topological polar surface area (TPSA) is 121 Å². The van der Waals surface area contributed by atoms with E-state index in [1.165, 1.54) is 18.8 Å². The zero-order valence-electron chi connectivity index (χ0n) is 16.2. The molecular weight excluding hydrogens is 396 g/mol. The van der Waals surface area contributed by atoms with Crippen LogP contribution in [0.2, 0.25) is 0 Å². The summed E-state index contributed by atoms with van der Waals surface area (Å²) < 4.78 is 15.1. The third-order valence-electron chi connectivity index (χ3n) is 4.03. The van der Waals surface area contributed by atoms with Gasteiger partial charge in [-0.1, -0.05) is 30.3 Å². The van der Waals surface area contributed by atoms with Crippen molar-refractivity contribution in [1.82, 2.24) is 18.9 Å². The summed E-state index contributed by atoms with van der Waals surface area (Å²) in [6, 6.07) is 9.23. The highest BCUT2D eigenvalue weighted by atomic mass is 32.1. The van der Waals surface area contributed by atoms with Crippen LogP contribution >= 0.6 is 11.5 Å². The molecule has 29 heavy (non-hydrogen) atoms. The lowest BCUT2D eigenvalue weighted by atomic mass is 10.1. The predicted molar refractivity (Wildman–Crippen MR) is 104 cm³/mol. The van der Waals surface area contributed by atoms with Crippen LogP contribution in [0.15, 0.2) is 40.6 Å². The second-order valence-electron chi connectivity index (χ2n) is 5.87. The summed E-state index contributed by atoms with van der Waals surface area (Å²) in [6.45, 7) is 1.75. The largest absolute Gasteiger partial charge is 0.468 e. The van der Waals surface area contributed by atoms with Gasteiger partial charge in [0.2, 0.25) is 11.0 Å². The van der Waals surface area contributed by atoms with Crippen LogP contribution in [0, 0.1) is 6.92 Å². The quantitative estimate of drug-likeness (QED) is 0.345. The molecule has 0 amide bonds. The molecule has 0 spiro atoms. The number of aryl methyl sites for hydroxylation is 1. The van der Waals surface area contributed by atoms with Gasteiger partial charge in [0, 0.05) is 24.1 Å². The van der Waals surface area contributed by atoms with Gasteiger partial charge in [0.05, 0.1) is 14.2 Å². The van der Waals surface area contributed by atoms with Gasteiger partial charge in [0.25, 0.3) is 0 Å². The number of esters is 2. The van der Waals surface area contributed by atoms with E-state index < -0.39 is 17.9 Å². The first kappa shape index (κ1) is 20.3. The van der Waals surface area contributed by atoms with Crippen LogP contribution in [0.25, 0.3) is 11.3 Å². The second kappa shape index (κ2) is 8.69. The van der Waals surface area contributed by atoms with Gasteiger partial charge in [-0.2, -0.15) is 4.37 Å². The zero-order valence-corrected chi connectivity index (χ0v) is 17.0. The Hall–Kier alpha value is -3.47. The van der Waals surface area contributed by atoms with Gasteiger partial charge in [0.15, 0.2) is 5.82 Å². The lowest BCUT2D eigenvalue weighted by Gasteiger charge is -2.12. The molecule has 0 N–H and O–H groups in total. The van der Waals surface area contributed by atoms with E-state index in [0.29, 0.717) is 22.5 Å². The number of carbonyl (C=O) groups excluding carboxylic acids is 2. The molecule has 3 aromatic rings. The highest BCUT2D eigenvalue weighted by Crippen LogP contribution is 2.34. The maximum absolute atomic E-state index is 12.3. The van der Waals surface area contributed by atoms with Crippen molar-refractivity contribution in [1.29, 1.82) is 0 Å². The first-order valence-electron chi connectivity index (χ1n) is 8.46. The third-order valence-corrected chi connectivity index (χ3v) is 4.72. The number of imidazole rings is 1. The monoisotopic (exact) mass is 414 g/mol. The van der Waals surface area contributed by atoms with Crippen molar-refractivity contribution in [2.24, 2.45) is 17.3 Å². The molecule has 3 rings (SSSR count). The van der Waals surface area contributed by atoms with Crippen molar-refractivity contribution < 1.29 is 19.1 Å². The Kier molecular flexibility index (Phi) is 6.07. The molecule has 10 nitrogen and oxygen atoms in total. The molecule has 0 unspecified atom stereocenters. The van der Waals surface area contributed by atoms with Gasteiger partial charge in [0.1, 0.15) is 17.3 Å². The van der Waals surface area contributed by atoms with Crippen molar-refractivity contribution in [2.45, 2.75) is 12.8 Å². The molecule has 150 valence electrons. The first-order chi connectivity index (χ1) is 14.0. The van der Waals surface area contributed by atoms with Crippen molar-refractivity contribution in [3.63, 3.8) is 0 Å². The number of nitrogens with zero attached hydrogens (tertiary/aromatic N) is 6. The summed E-state index contributed by atoms with van der Waals surface area (Å²) >= 11 is 1.11. The van der Waals surface area contributed by atoms with Crippen molar-refractivity contribution in [2.75, 3.05) is 14.2 Å². The molecule has 0 aliphatic carbocycles. The lowest BCUT2D eigenvalue weighted by Crippen LogP contribution is -2.27. The summed E-state index contributed by atoms with van der Waals surface area (Å²) in [5.74, 6) is -1.86. The van der Waals surface area contributed by atoms with Gasteiger partial charge in [-0.3, -0.25) is 9.59 Å². The fraction of sp³-hybridized carbons (Fsp3) is 0.278. The van der Waals surface area contributed by atoms with Crippen molar-refractivity contribution in [3.8, 4) is 11.3 Å². The Bertz CT molecular complexity index is 1040. The van der Waals surface area contributed by atoms with E-state index in [1.807, 2.05) is 30.3 Å². The first-order valence-corrected chi connectivity index (χ1v) is 9.23. The predicted octanol–water partition coefficient (Wildman–Crippen LogP) is 3.09. The van der Waals surface area contributed by atoms with Crippen LogP contribution < -0.4 is 0 Å². The molecule has 2 aromatic heterocycles. The fourth-order valence-corrected chi connectivity index (χ4v) is 3.13. The minimum absolute atomic E-state index is 0.130. The summed E-state index contributed by atoms with van der Waals surface area (Å²) in [5.41, 5.74) is 1.19. The molecule has 0 aliphatic heterocycles. The Morgan fingerprint density at radius 3 is 2.28 bits per heavy atom.